The lowest BCUT2D eigenvalue weighted by atomic mass is 10.1. The molecule has 4 amide bonds. The molecule has 0 atom stereocenters. The van der Waals surface area contributed by atoms with Crippen LogP contribution in [0.2, 0.25) is 0 Å². The van der Waals surface area contributed by atoms with Crippen LogP contribution < -0.4 is 15.5 Å². The Morgan fingerprint density at radius 2 is 1.15 bits per heavy atom. The van der Waals surface area contributed by atoms with Crippen molar-refractivity contribution >= 4 is 40.7 Å². The van der Waals surface area contributed by atoms with Crippen LogP contribution in [0.3, 0.4) is 0 Å². The highest BCUT2D eigenvalue weighted by Crippen LogP contribution is 2.30. The molecule has 7 nitrogen and oxygen atoms in total. The van der Waals surface area contributed by atoms with Gasteiger partial charge in [-0.2, -0.15) is 0 Å². The van der Waals surface area contributed by atoms with Crippen LogP contribution in [0.15, 0.2) is 91.0 Å². The summed E-state index contributed by atoms with van der Waals surface area (Å²) < 4.78 is 0. The number of imide groups is 1. The normalized spacial score (nSPS) is 11.8. The third-order valence-electron chi connectivity index (χ3n) is 6.09. The Morgan fingerprint density at radius 3 is 1.74 bits per heavy atom. The zero-order valence-electron chi connectivity index (χ0n) is 20.4. The molecule has 4 aromatic carbocycles. The molecule has 2 N–H and O–H groups in total. The minimum Gasteiger partial charge on any atom is -0.322 e. The molecule has 0 fully saturated rings. The summed E-state index contributed by atoms with van der Waals surface area (Å²) in [6, 6.07) is 24.1. The monoisotopic (exact) mass is 509 g/mol. The fourth-order valence-corrected chi connectivity index (χ4v) is 4.18. The molecular formula is C32H19N3O4. The molecule has 186 valence electrons. The highest BCUT2D eigenvalue weighted by Gasteiger charge is 2.37. The summed E-state index contributed by atoms with van der Waals surface area (Å²) in [5.74, 6) is 2.96. The summed E-state index contributed by atoms with van der Waals surface area (Å²) in [6.45, 7) is 0. The van der Waals surface area contributed by atoms with Crippen LogP contribution in [0.25, 0.3) is 0 Å². The maximum absolute atomic E-state index is 13.3. The van der Waals surface area contributed by atoms with Crippen molar-refractivity contribution in [3.63, 3.8) is 0 Å². The van der Waals surface area contributed by atoms with Crippen LogP contribution in [0.5, 0.6) is 0 Å². The van der Waals surface area contributed by atoms with Crippen molar-refractivity contribution in [3.05, 3.63) is 124 Å². The first-order chi connectivity index (χ1) is 18.9. The topological polar surface area (TPSA) is 95.6 Å². The van der Waals surface area contributed by atoms with Gasteiger partial charge >= 0.3 is 0 Å². The number of benzene rings is 4. The number of hydrogen-bond donors (Lipinski definition) is 2. The largest absolute Gasteiger partial charge is 0.322 e. The van der Waals surface area contributed by atoms with E-state index in [0.717, 1.165) is 4.90 Å². The first-order valence-electron chi connectivity index (χ1n) is 11.8. The molecule has 1 heterocycles. The Hall–Kier alpha value is -5.92. The van der Waals surface area contributed by atoms with E-state index >= 15 is 0 Å². The lowest BCUT2D eigenvalue weighted by Gasteiger charge is -2.15. The second-order valence-corrected chi connectivity index (χ2v) is 8.61. The standard InChI is InChI=1S/C32H19N3O4/c1-3-20-8-5-11-24(16-20)33-29(36)22-10-7-13-26(18-22)35-31(38)27-15-14-23(19-28(27)32(35)39)30(37)34-25-12-6-9-21(4-2)17-25/h1-2,5-19H,(H,33,36)(H,34,37). The van der Waals surface area contributed by atoms with Crippen molar-refractivity contribution in [2.24, 2.45) is 0 Å². The van der Waals surface area contributed by atoms with Gasteiger partial charge in [-0.1, -0.05) is 30.0 Å². The molecule has 0 spiro atoms. The van der Waals surface area contributed by atoms with E-state index in [2.05, 4.69) is 22.5 Å². The third-order valence-corrected chi connectivity index (χ3v) is 6.09. The Bertz CT molecular complexity index is 1770. The first-order valence-corrected chi connectivity index (χ1v) is 11.8. The van der Waals surface area contributed by atoms with Gasteiger partial charge in [-0.25, -0.2) is 4.90 Å². The van der Waals surface area contributed by atoms with E-state index < -0.39 is 23.6 Å². The van der Waals surface area contributed by atoms with E-state index in [9.17, 15) is 19.2 Å². The maximum atomic E-state index is 13.3. The molecule has 5 rings (SSSR count). The van der Waals surface area contributed by atoms with Crippen LogP contribution in [0.4, 0.5) is 17.1 Å². The van der Waals surface area contributed by atoms with E-state index in [1.165, 1.54) is 24.3 Å². The molecular weight excluding hydrogens is 490 g/mol. The fourth-order valence-electron chi connectivity index (χ4n) is 4.18. The van der Waals surface area contributed by atoms with Gasteiger partial charge in [0, 0.05) is 33.6 Å². The van der Waals surface area contributed by atoms with E-state index in [1.807, 2.05) is 0 Å². The van der Waals surface area contributed by atoms with Crippen LogP contribution >= 0.6 is 0 Å². The molecule has 1 aliphatic rings. The van der Waals surface area contributed by atoms with Gasteiger partial charge in [0.25, 0.3) is 23.6 Å². The number of carbonyl (C=O) groups is 4. The number of nitrogens with zero attached hydrogens (tertiary/aromatic N) is 1. The van der Waals surface area contributed by atoms with Gasteiger partial charge in [0.15, 0.2) is 0 Å². The average Bonchev–Trinajstić information content (AvgIpc) is 3.22. The number of hydrogen-bond acceptors (Lipinski definition) is 4. The average molecular weight is 510 g/mol. The minimum absolute atomic E-state index is 0.0889. The Morgan fingerprint density at radius 1 is 0.615 bits per heavy atom. The molecule has 0 unspecified atom stereocenters. The highest BCUT2D eigenvalue weighted by molar-refractivity contribution is 6.35. The van der Waals surface area contributed by atoms with Gasteiger partial charge in [0.05, 0.1) is 16.8 Å². The zero-order valence-corrected chi connectivity index (χ0v) is 20.4. The maximum Gasteiger partial charge on any atom is 0.266 e. The number of terminal acetylenes is 2. The lowest BCUT2D eigenvalue weighted by molar-refractivity contribution is 0.0923. The molecule has 0 aromatic heterocycles. The molecule has 0 saturated carbocycles. The molecule has 0 bridgehead atoms. The number of rotatable bonds is 5. The molecule has 4 aromatic rings. The number of carbonyl (C=O) groups excluding carboxylic acids is 4. The minimum atomic E-state index is -0.599. The molecule has 0 radical (unpaired) electrons. The van der Waals surface area contributed by atoms with Crippen LogP contribution in [-0.4, -0.2) is 23.6 Å². The smallest absolute Gasteiger partial charge is 0.266 e. The van der Waals surface area contributed by atoms with Crippen LogP contribution in [0, 0.1) is 24.7 Å². The SMILES string of the molecule is C#Cc1cccc(NC(=O)c2cccc(N3C(=O)c4ccc(C(=O)Nc5cccc(C#C)c5)cc4C3=O)c2)c1. The van der Waals surface area contributed by atoms with Crippen LogP contribution in [0.1, 0.15) is 52.6 Å². The van der Waals surface area contributed by atoms with Gasteiger partial charge in [-0.3, -0.25) is 19.2 Å². The number of nitrogens with one attached hydrogen (secondary N) is 2. The van der Waals surface area contributed by atoms with Crippen molar-refractivity contribution in [1.82, 2.24) is 0 Å². The van der Waals surface area contributed by atoms with Gasteiger partial charge < -0.3 is 10.6 Å². The summed E-state index contributed by atoms with van der Waals surface area (Å²) >= 11 is 0. The predicted molar refractivity (Wildman–Crippen MR) is 149 cm³/mol. The number of fused-ring (bicyclic) bond motifs is 1. The second-order valence-electron chi connectivity index (χ2n) is 8.61. The van der Waals surface area contributed by atoms with Gasteiger partial charge in [0.1, 0.15) is 0 Å². The molecule has 7 heteroatoms. The fraction of sp³-hybridized carbons (Fsp3) is 0. The van der Waals surface area contributed by atoms with E-state index in [4.69, 9.17) is 12.8 Å². The van der Waals surface area contributed by atoms with E-state index in [0.29, 0.717) is 22.5 Å². The van der Waals surface area contributed by atoms with Gasteiger partial charge in [0.2, 0.25) is 0 Å². The Labute approximate surface area is 224 Å². The van der Waals surface area contributed by atoms with Crippen LogP contribution in [-0.2, 0) is 0 Å². The molecule has 0 saturated heterocycles. The highest BCUT2D eigenvalue weighted by atomic mass is 16.2. The van der Waals surface area contributed by atoms with E-state index in [1.54, 1.807) is 66.7 Å². The Kier molecular flexibility index (Phi) is 6.48. The molecule has 1 aliphatic heterocycles. The summed E-state index contributed by atoms with van der Waals surface area (Å²) in [5.41, 5.74) is 3.15. The summed E-state index contributed by atoms with van der Waals surface area (Å²) in [7, 11) is 0. The predicted octanol–water partition coefficient (Wildman–Crippen LogP) is 4.95. The summed E-state index contributed by atoms with van der Waals surface area (Å²) in [4.78, 5) is 53.1. The van der Waals surface area contributed by atoms with Crippen molar-refractivity contribution in [2.75, 3.05) is 15.5 Å². The van der Waals surface area contributed by atoms with Crippen molar-refractivity contribution < 1.29 is 19.2 Å². The Balaban J connectivity index is 1.37. The lowest BCUT2D eigenvalue weighted by Crippen LogP contribution is -2.29. The van der Waals surface area contributed by atoms with Crippen molar-refractivity contribution in [1.29, 1.82) is 0 Å². The third kappa shape index (κ3) is 4.89. The van der Waals surface area contributed by atoms with Crippen molar-refractivity contribution in [2.45, 2.75) is 0 Å². The van der Waals surface area contributed by atoms with Crippen molar-refractivity contribution in [3.8, 4) is 24.7 Å². The first kappa shape index (κ1) is 24.8. The number of amides is 4. The van der Waals surface area contributed by atoms with Gasteiger partial charge in [-0.15, -0.1) is 12.8 Å². The summed E-state index contributed by atoms with van der Waals surface area (Å²) in [6.07, 6.45) is 10.8. The molecule has 39 heavy (non-hydrogen) atoms. The van der Waals surface area contributed by atoms with Gasteiger partial charge in [-0.05, 0) is 72.8 Å². The summed E-state index contributed by atoms with van der Waals surface area (Å²) in [5, 5.41) is 5.50. The zero-order chi connectivity index (χ0) is 27.5. The second kappa shape index (κ2) is 10.2. The quantitative estimate of drug-likeness (QED) is 0.294. The molecule has 0 aliphatic carbocycles. The number of anilines is 3. The van der Waals surface area contributed by atoms with E-state index in [-0.39, 0.29) is 27.9 Å².